The zero-order chi connectivity index (χ0) is 9.57. The van der Waals surface area contributed by atoms with Crippen LogP contribution in [0.5, 0.6) is 0 Å². The Kier molecular flexibility index (Phi) is 8.39. The van der Waals surface area contributed by atoms with Crippen molar-refractivity contribution in [3.05, 3.63) is 0 Å². The first-order chi connectivity index (χ1) is 6.33. The number of quaternary nitrogens is 1. The van der Waals surface area contributed by atoms with E-state index in [1.54, 1.807) is 0 Å². The average molecular weight is 283 g/mol. The van der Waals surface area contributed by atoms with Gasteiger partial charge in [-0.3, -0.25) is 5.73 Å². The largest absolute Gasteiger partial charge is 1.00 e. The molecule has 0 aromatic carbocycles. The van der Waals surface area contributed by atoms with Crippen molar-refractivity contribution in [1.82, 2.24) is 0 Å². The summed E-state index contributed by atoms with van der Waals surface area (Å²) in [5, 5.41) is 0. The van der Waals surface area contributed by atoms with Crippen LogP contribution < -0.4 is 22.7 Å². The lowest BCUT2D eigenvalue weighted by Crippen LogP contribution is -3.00. The van der Waals surface area contributed by atoms with Crippen molar-refractivity contribution in [1.29, 1.82) is 0 Å². The summed E-state index contributed by atoms with van der Waals surface area (Å²) >= 11 is 4.24. The maximum Gasteiger partial charge on any atom is 0.130 e. The third-order valence-electron chi connectivity index (χ3n) is 3.19. The third kappa shape index (κ3) is 4.51. The molecule has 86 valence electrons. The summed E-state index contributed by atoms with van der Waals surface area (Å²) in [5.74, 6) is 1.02. The van der Waals surface area contributed by atoms with Crippen molar-refractivity contribution in [3.8, 4) is 0 Å². The predicted octanol–water partition coefficient (Wildman–Crippen LogP) is -1.38. The number of piperidine rings is 1. The Morgan fingerprint density at radius 1 is 1.07 bits per heavy atom. The number of rotatable bonds is 5. The molecule has 1 rings (SSSR count). The lowest BCUT2D eigenvalue weighted by atomic mass is 10.1. The van der Waals surface area contributed by atoms with Crippen molar-refractivity contribution < 1.29 is 21.5 Å². The van der Waals surface area contributed by atoms with Crippen molar-refractivity contribution in [2.75, 3.05) is 32.1 Å². The molecule has 2 N–H and O–H groups in total. The summed E-state index contributed by atoms with van der Waals surface area (Å²) in [4.78, 5) is 0. The van der Waals surface area contributed by atoms with Gasteiger partial charge in [0.05, 0.1) is 19.6 Å². The number of unbranched alkanes of at least 4 members (excludes halogenated alkanes) is 1. The topological polar surface area (TPSA) is 26.0 Å². The van der Waals surface area contributed by atoms with E-state index in [9.17, 15) is 0 Å². The number of nitrogens with zero attached hydrogens (tertiary/aromatic N) is 1. The molecule has 0 saturated carbocycles. The Morgan fingerprint density at radius 3 is 2.21 bits per heavy atom. The molecule has 4 heteroatoms. The van der Waals surface area contributed by atoms with E-state index in [0.717, 1.165) is 12.4 Å². The summed E-state index contributed by atoms with van der Waals surface area (Å²) in [5.41, 5.74) is 5.87. The van der Waals surface area contributed by atoms with E-state index in [1.165, 1.54) is 56.2 Å². The molecule has 1 saturated heterocycles. The fraction of sp³-hybridized carbons (Fsp3) is 1.00. The molecule has 1 fully saturated rings. The van der Waals surface area contributed by atoms with E-state index in [4.69, 9.17) is 5.73 Å². The molecule has 2 nitrogen and oxygen atoms in total. The van der Waals surface area contributed by atoms with Gasteiger partial charge in [0.15, 0.2) is 0 Å². The van der Waals surface area contributed by atoms with Gasteiger partial charge in [-0.15, -0.1) is 0 Å². The molecule has 0 spiro atoms. The van der Waals surface area contributed by atoms with E-state index in [2.05, 4.69) is 12.6 Å². The maximum absolute atomic E-state index is 5.87. The Morgan fingerprint density at radius 2 is 1.71 bits per heavy atom. The van der Waals surface area contributed by atoms with Crippen LogP contribution >= 0.6 is 12.6 Å². The quantitative estimate of drug-likeness (QED) is 0.363. The molecule has 0 atom stereocenters. The average Bonchev–Trinajstić information content (AvgIpc) is 2.20. The normalized spacial score (nSPS) is 20.1. The highest BCUT2D eigenvalue weighted by atomic mass is 79.9. The van der Waals surface area contributed by atoms with Crippen LogP contribution in [0.15, 0.2) is 0 Å². The first-order valence-electron chi connectivity index (χ1n) is 5.49. The van der Waals surface area contributed by atoms with Crippen molar-refractivity contribution >= 4 is 12.6 Å². The molecule has 1 aliphatic rings. The van der Waals surface area contributed by atoms with Crippen molar-refractivity contribution in [2.24, 2.45) is 5.73 Å². The second-order valence-corrected chi connectivity index (χ2v) is 4.63. The van der Waals surface area contributed by atoms with Crippen LogP contribution in [-0.4, -0.2) is 36.5 Å². The molecule has 0 radical (unpaired) electrons. The second-order valence-electron chi connectivity index (χ2n) is 4.19. The minimum Gasteiger partial charge on any atom is -1.00 e. The maximum atomic E-state index is 5.87. The summed E-state index contributed by atoms with van der Waals surface area (Å²) in [6.07, 6.45) is 6.69. The molecule has 1 heterocycles. The van der Waals surface area contributed by atoms with Gasteiger partial charge >= 0.3 is 0 Å². The minimum atomic E-state index is 0. The van der Waals surface area contributed by atoms with Gasteiger partial charge < -0.3 is 21.5 Å². The van der Waals surface area contributed by atoms with Crippen LogP contribution in [0.25, 0.3) is 0 Å². The van der Waals surface area contributed by atoms with Crippen molar-refractivity contribution in [3.63, 3.8) is 0 Å². The minimum absolute atomic E-state index is 0. The third-order valence-corrected chi connectivity index (χ3v) is 3.51. The van der Waals surface area contributed by atoms with E-state index >= 15 is 0 Å². The first-order valence-corrected chi connectivity index (χ1v) is 6.12. The van der Waals surface area contributed by atoms with Crippen LogP contribution in [0.1, 0.15) is 32.1 Å². The van der Waals surface area contributed by atoms with E-state index < -0.39 is 0 Å². The molecule has 0 aromatic heterocycles. The smallest absolute Gasteiger partial charge is 0.130 e. The van der Waals surface area contributed by atoms with Gasteiger partial charge in [0.1, 0.15) is 6.67 Å². The van der Waals surface area contributed by atoms with Crippen LogP contribution in [0.2, 0.25) is 0 Å². The molecule has 0 amide bonds. The molecule has 0 unspecified atom stereocenters. The van der Waals surface area contributed by atoms with Gasteiger partial charge in [0.2, 0.25) is 0 Å². The molecular weight excluding hydrogens is 260 g/mol. The Labute approximate surface area is 104 Å². The SMILES string of the molecule is NC[N+]1(CCCCS)CCCCC1.[Br-]. The van der Waals surface area contributed by atoms with Crippen LogP contribution in [0.3, 0.4) is 0 Å². The molecule has 1 aliphatic heterocycles. The van der Waals surface area contributed by atoms with Gasteiger partial charge in [0, 0.05) is 0 Å². The summed E-state index contributed by atoms with van der Waals surface area (Å²) in [7, 11) is 0. The highest BCUT2D eigenvalue weighted by molar-refractivity contribution is 7.80. The van der Waals surface area contributed by atoms with Gasteiger partial charge in [-0.2, -0.15) is 12.6 Å². The molecule has 0 aromatic rings. The van der Waals surface area contributed by atoms with Crippen LogP contribution in [0.4, 0.5) is 0 Å². The van der Waals surface area contributed by atoms with Gasteiger partial charge in [-0.1, -0.05) is 0 Å². The number of nitrogens with two attached hydrogens (primary N) is 1. The van der Waals surface area contributed by atoms with Crippen LogP contribution in [-0.2, 0) is 0 Å². The Balaban J connectivity index is 0.00000169. The standard InChI is InChI=1S/C10H22N2S.BrH/c11-10-12(8-4-5-9-13)6-2-1-3-7-12;/h1-11H2;1H. The van der Waals surface area contributed by atoms with Crippen LogP contribution in [0, 0.1) is 0 Å². The Bertz CT molecular complexity index is 138. The highest BCUT2D eigenvalue weighted by Gasteiger charge is 2.27. The van der Waals surface area contributed by atoms with Crippen molar-refractivity contribution in [2.45, 2.75) is 32.1 Å². The summed E-state index contributed by atoms with van der Waals surface area (Å²) < 4.78 is 1.17. The van der Waals surface area contributed by atoms with E-state index in [0.29, 0.717) is 0 Å². The molecule has 0 aliphatic carbocycles. The Hall–Kier alpha value is 0.750. The fourth-order valence-electron chi connectivity index (χ4n) is 2.24. The highest BCUT2D eigenvalue weighted by Crippen LogP contribution is 2.18. The second kappa shape index (κ2) is 7.97. The lowest BCUT2D eigenvalue weighted by Gasteiger charge is -2.40. The predicted molar refractivity (Wildman–Crippen MR) is 60.9 cm³/mol. The zero-order valence-corrected chi connectivity index (χ0v) is 11.4. The summed E-state index contributed by atoms with van der Waals surface area (Å²) in [6, 6.07) is 0. The number of likely N-dealkylation sites (tertiary alicyclic amines) is 1. The molecule has 0 bridgehead atoms. The number of thiol groups is 1. The number of halogens is 1. The lowest BCUT2D eigenvalue weighted by molar-refractivity contribution is -0.932. The number of hydrogen-bond acceptors (Lipinski definition) is 2. The monoisotopic (exact) mass is 282 g/mol. The number of hydrogen-bond donors (Lipinski definition) is 2. The molecule has 14 heavy (non-hydrogen) atoms. The first kappa shape index (κ1) is 14.8. The van der Waals surface area contributed by atoms with Gasteiger partial charge in [-0.05, 0) is 37.9 Å². The molecular formula is C10H23BrN2S. The zero-order valence-electron chi connectivity index (χ0n) is 8.92. The van der Waals surface area contributed by atoms with Gasteiger partial charge in [0.25, 0.3) is 0 Å². The fourth-order valence-corrected chi connectivity index (χ4v) is 2.46. The summed E-state index contributed by atoms with van der Waals surface area (Å²) in [6.45, 7) is 4.73. The van der Waals surface area contributed by atoms with Gasteiger partial charge in [-0.25, -0.2) is 0 Å². The van der Waals surface area contributed by atoms with E-state index in [1.807, 2.05) is 0 Å². The van der Waals surface area contributed by atoms with E-state index in [-0.39, 0.29) is 17.0 Å².